The summed E-state index contributed by atoms with van der Waals surface area (Å²) in [5.41, 5.74) is 1.96. The van der Waals surface area contributed by atoms with E-state index in [0.29, 0.717) is 33.7 Å². The average molecular weight is 467 g/mol. The molecule has 170 valence electrons. The van der Waals surface area contributed by atoms with E-state index >= 15 is 0 Å². The quantitative estimate of drug-likeness (QED) is 0.329. The molecular formula is C23H22N4O5S. The summed E-state index contributed by atoms with van der Waals surface area (Å²) in [4.78, 5) is 34.7. The van der Waals surface area contributed by atoms with Crippen LogP contribution in [0.1, 0.15) is 18.2 Å². The zero-order valence-corrected chi connectivity index (χ0v) is 19.4. The molecule has 0 amide bonds. The number of aromatic amines is 1. The van der Waals surface area contributed by atoms with E-state index in [1.165, 1.54) is 30.2 Å². The highest BCUT2D eigenvalue weighted by Crippen LogP contribution is 2.32. The number of carbonyl (C=O) groups excluding carboxylic acids is 1. The van der Waals surface area contributed by atoms with Crippen LogP contribution >= 0.6 is 11.3 Å². The Morgan fingerprint density at radius 1 is 1.15 bits per heavy atom. The van der Waals surface area contributed by atoms with Gasteiger partial charge in [-0.05, 0) is 31.2 Å². The number of methoxy groups -OCH3 is 3. The van der Waals surface area contributed by atoms with Crippen molar-refractivity contribution in [3.63, 3.8) is 0 Å². The zero-order chi connectivity index (χ0) is 23.5. The highest BCUT2D eigenvalue weighted by molar-refractivity contribution is 7.20. The number of thiazole rings is 1. The van der Waals surface area contributed by atoms with Gasteiger partial charge in [0.15, 0.2) is 0 Å². The van der Waals surface area contributed by atoms with Gasteiger partial charge in [0.25, 0.3) is 5.56 Å². The van der Waals surface area contributed by atoms with E-state index < -0.39 is 5.97 Å². The number of aromatic nitrogens is 3. The normalized spacial score (nSPS) is 11.6. The minimum Gasteiger partial charge on any atom is -0.497 e. The number of rotatable bonds is 7. The largest absolute Gasteiger partial charge is 0.497 e. The maximum Gasteiger partial charge on any atom is 0.311 e. The number of ether oxygens (including phenoxy) is 3. The van der Waals surface area contributed by atoms with Crippen LogP contribution in [0.3, 0.4) is 0 Å². The van der Waals surface area contributed by atoms with Gasteiger partial charge in [-0.3, -0.25) is 14.7 Å². The topological polar surface area (TPSA) is 108 Å². The minimum atomic E-state index is -0.485. The molecule has 0 fully saturated rings. The fraction of sp³-hybridized carbons (Fsp3) is 0.217. The number of nitrogens with zero attached hydrogens (tertiary/aromatic N) is 3. The molecular weight excluding hydrogens is 444 g/mol. The predicted molar refractivity (Wildman–Crippen MR) is 127 cm³/mol. The second kappa shape index (κ2) is 9.29. The lowest BCUT2D eigenvalue weighted by atomic mass is 10.1. The van der Waals surface area contributed by atoms with Crippen LogP contribution in [0.15, 0.2) is 52.3 Å². The van der Waals surface area contributed by atoms with Gasteiger partial charge < -0.3 is 14.2 Å². The number of hydrogen-bond donors (Lipinski definition) is 1. The van der Waals surface area contributed by atoms with Crippen molar-refractivity contribution in [2.75, 3.05) is 21.3 Å². The molecule has 33 heavy (non-hydrogen) atoms. The Morgan fingerprint density at radius 3 is 2.64 bits per heavy atom. The lowest BCUT2D eigenvalue weighted by Crippen LogP contribution is -2.20. The van der Waals surface area contributed by atoms with E-state index in [0.717, 1.165) is 10.2 Å². The van der Waals surface area contributed by atoms with Gasteiger partial charge in [-0.2, -0.15) is 4.68 Å². The van der Waals surface area contributed by atoms with Crippen LogP contribution in [0.25, 0.3) is 15.3 Å². The summed E-state index contributed by atoms with van der Waals surface area (Å²) in [6.07, 6.45) is -0.124. The molecule has 0 spiro atoms. The molecule has 4 aromatic rings. The molecule has 2 heterocycles. The molecule has 0 aliphatic carbocycles. The van der Waals surface area contributed by atoms with Gasteiger partial charge >= 0.3 is 5.97 Å². The second-order valence-corrected chi connectivity index (χ2v) is 8.07. The van der Waals surface area contributed by atoms with Crippen molar-refractivity contribution in [1.29, 1.82) is 0 Å². The van der Waals surface area contributed by atoms with Gasteiger partial charge in [0.05, 0.1) is 54.9 Å². The molecule has 0 saturated carbocycles. The summed E-state index contributed by atoms with van der Waals surface area (Å²) >= 11 is 1.37. The highest BCUT2D eigenvalue weighted by Gasteiger charge is 2.22. The number of benzene rings is 2. The summed E-state index contributed by atoms with van der Waals surface area (Å²) in [6.45, 7) is 1.70. The van der Waals surface area contributed by atoms with Crippen LogP contribution in [-0.2, 0) is 16.0 Å². The Balaban J connectivity index is 1.87. The van der Waals surface area contributed by atoms with Crippen LogP contribution in [0, 0.1) is 0 Å². The fourth-order valence-electron chi connectivity index (χ4n) is 3.41. The van der Waals surface area contributed by atoms with Gasteiger partial charge in [-0.1, -0.05) is 23.5 Å². The van der Waals surface area contributed by atoms with Crippen LogP contribution in [0.2, 0.25) is 0 Å². The van der Waals surface area contributed by atoms with E-state index in [1.54, 1.807) is 32.2 Å². The predicted octanol–water partition coefficient (Wildman–Crippen LogP) is 3.65. The van der Waals surface area contributed by atoms with Crippen molar-refractivity contribution in [1.82, 2.24) is 14.8 Å². The van der Waals surface area contributed by atoms with Crippen LogP contribution in [0.5, 0.6) is 11.5 Å². The first kappa shape index (κ1) is 22.3. The molecule has 10 heteroatoms. The first-order valence-corrected chi connectivity index (χ1v) is 10.8. The number of carbonyl (C=O) groups is 1. The van der Waals surface area contributed by atoms with Gasteiger partial charge in [-0.15, -0.1) is 0 Å². The van der Waals surface area contributed by atoms with E-state index in [4.69, 9.17) is 14.2 Å². The Bertz CT molecular complexity index is 1380. The Hall–Kier alpha value is -3.92. The third-order valence-corrected chi connectivity index (χ3v) is 6.05. The zero-order valence-electron chi connectivity index (χ0n) is 18.5. The summed E-state index contributed by atoms with van der Waals surface area (Å²) in [5, 5.41) is 3.49. The SMILES string of the molecule is COC(=O)Cc1[nH]n(-c2nc3ccccc3s2)c(=O)c1C(C)=Nc1cc(OC)ccc1OC. The monoisotopic (exact) mass is 466 g/mol. The van der Waals surface area contributed by atoms with E-state index in [1.807, 2.05) is 24.3 Å². The first-order chi connectivity index (χ1) is 15.9. The van der Waals surface area contributed by atoms with Gasteiger partial charge in [0, 0.05) is 6.07 Å². The molecule has 1 N–H and O–H groups in total. The number of hydrogen-bond acceptors (Lipinski definition) is 8. The van der Waals surface area contributed by atoms with Crippen molar-refractivity contribution in [2.24, 2.45) is 4.99 Å². The van der Waals surface area contributed by atoms with Crippen molar-refractivity contribution in [3.05, 3.63) is 64.1 Å². The average Bonchev–Trinajstić information content (AvgIpc) is 3.39. The van der Waals surface area contributed by atoms with Crippen LogP contribution in [0.4, 0.5) is 5.69 Å². The van der Waals surface area contributed by atoms with Crippen molar-refractivity contribution >= 4 is 38.9 Å². The fourth-order valence-corrected chi connectivity index (χ4v) is 4.34. The van der Waals surface area contributed by atoms with E-state index in [-0.39, 0.29) is 17.5 Å². The summed E-state index contributed by atoms with van der Waals surface area (Å²) in [7, 11) is 4.39. The summed E-state index contributed by atoms with van der Waals surface area (Å²) in [5.74, 6) is 0.630. The smallest absolute Gasteiger partial charge is 0.311 e. The molecule has 0 radical (unpaired) electrons. The molecule has 2 aromatic heterocycles. The van der Waals surface area contributed by atoms with Crippen molar-refractivity contribution in [2.45, 2.75) is 13.3 Å². The second-order valence-electron chi connectivity index (χ2n) is 7.06. The van der Waals surface area contributed by atoms with E-state index in [2.05, 4.69) is 15.1 Å². The van der Waals surface area contributed by atoms with Crippen LogP contribution in [-0.4, -0.2) is 47.8 Å². The number of esters is 1. The number of para-hydroxylation sites is 1. The standard InChI is InChI=1S/C23H22N4O5S/c1-13(24-16-11-14(30-2)9-10-18(16)31-3)21-17(12-20(28)32-4)26-27(22(21)29)23-25-15-7-5-6-8-19(15)33-23/h5-11,26H,12H2,1-4H3. The molecule has 9 nitrogen and oxygen atoms in total. The Labute approximate surface area is 193 Å². The molecule has 4 rings (SSSR count). The lowest BCUT2D eigenvalue weighted by Gasteiger charge is -2.08. The number of nitrogens with one attached hydrogen (secondary N) is 1. The third-order valence-electron chi connectivity index (χ3n) is 5.02. The number of fused-ring (bicyclic) bond motifs is 1. The highest BCUT2D eigenvalue weighted by atomic mass is 32.1. The Morgan fingerprint density at radius 2 is 1.94 bits per heavy atom. The molecule has 0 bridgehead atoms. The first-order valence-electron chi connectivity index (χ1n) is 9.99. The van der Waals surface area contributed by atoms with Crippen LogP contribution < -0.4 is 15.0 Å². The Kier molecular flexibility index (Phi) is 6.27. The molecule has 0 saturated heterocycles. The summed E-state index contributed by atoms with van der Waals surface area (Å²) < 4.78 is 17.8. The maximum atomic E-state index is 13.5. The lowest BCUT2D eigenvalue weighted by molar-refractivity contribution is -0.139. The van der Waals surface area contributed by atoms with Crippen molar-refractivity contribution < 1.29 is 19.0 Å². The molecule has 0 atom stereocenters. The number of H-pyrrole nitrogens is 1. The molecule has 0 aliphatic heterocycles. The number of aliphatic imine (C=N–C) groups is 1. The van der Waals surface area contributed by atoms with Gasteiger partial charge in [0.1, 0.15) is 17.2 Å². The third kappa shape index (κ3) is 4.37. The minimum absolute atomic E-state index is 0.124. The maximum absolute atomic E-state index is 13.5. The van der Waals surface area contributed by atoms with Crippen molar-refractivity contribution in [3.8, 4) is 16.6 Å². The van der Waals surface area contributed by atoms with Gasteiger partial charge in [0.2, 0.25) is 5.13 Å². The molecule has 2 aromatic carbocycles. The molecule has 0 aliphatic rings. The molecule has 0 unspecified atom stereocenters. The summed E-state index contributed by atoms with van der Waals surface area (Å²) in [6, 6.07) is 12.8. The van der Waals surface area contributed by atoms with E-state index in [9.17, 15) is 9.59 Å². The van der Waals surface area contributed by atoms with Gasteiger partial charge in [-0.25, -0.2) is 9.98 Å².